The van der Waals surface area contributed by atoms with Gasteiger partial charge in [0.25, 0.3) is 0 Å². The maximum absolute atomic E-state index is 12.7. The first kappa shape index (κ1) is 13.8. The molecule has 1 saturated carbocycles. The number of hydrogen-bond donors (Lipinski definition) is 1. The van der Waals surface area contributed by atoms with Crippen molar-refractivity contribution in [2.45, 2.75) is 44.6 Å². The van der Waals surface area contributed by atoms with Crippen LogP contribution in [-0.4, -0.2) is 44.0 Å². The number of nitrogens with zero attached hydrogens (tertiary/aromatic N) is 4. The van der Waals surface area contributed by atoms with E-state index in [2.05, 4.69) is 15.1 Å². The molecule has 1 aliphatic heterocycles. The topological polar surface area (TPSA) is 54.2 Å². The molecular weight excluding hydrogens is 273 g/mol. The van der Waals surface area contributed by atoms with Crippen LogP contribution in [0.1, 0.15) is 30.9 Å². The molecule has 112 valence electrons. The first-order chi connectivity index (χ1) is 9.45. The fraction of sp³-hybridized carbons (Fsp3) is 0.833. The van der Waals surface area contributed by atoms with E-state index >= 15 is 0 Å². The van der Waals surface area contributed by atoms with Gasteiger partial charge >= 0.3 is 6.18 Å². The molecule has 2 atom stereocenters. The summed E-state index contributed by atoms with van der Waals surface area (Å²) in [5, 5.41) is 16.7. The van der Waals surface area contributed by atoms with Crippen molar-refractivity contribution in [2.24, 2.45) is 5.92 Å². The van der Waals surface area contributed by atoms with E-state index in [9.17, 15) is 18.3 Å². The molecule has 8 heteroatoms. The lowest BCUT2D eigenvalue weighted by Gasteiger charge is -2.30. The molecule has 1 fully saturated rings. The molecule has 0 radical (unpaired) electrons. The monoisotopic (exact) mass is 290 g/mol. The average Bonchev–Trinajstić information content (AvgIpc) is 2.95. The van der Waals surface area contributed by atoms with Gasteiger partial charge in [-0.05, 0) is 18.8 Å². The van der Waals surface area contributed by atoms with Gasteiger partial charge in [0.15, 0.2) is 0 Å². The van der Waals surface area contributed by atoms with Crippen LogP contribution >= 0.6 is 0 Å². The van der Waals surface area contributed by atoms with Crippen LogP contribution in [0.15, 0.2) is 0 Å². The number of rotatable bonds is 2. The Morgan fingerprint density at radius 1 is 1.20 bits per heavy atom. The normalized spacial score (nSPS) is 27.8. The van der Waals surface area contributed by atoms with Gasteiger partial charge in [-0.25, -0.2) is 0 Å². The van der Waals surface area contributed by atoms with Gasteiger partial charge in [0.2, 0.25) is 5.82 Å². The highest BCUT2D eigenvalue weighted by atomic mass is 19.4. The fourth-order valence-corrected chi connectivity index (χ4v) is 3.14. The van der Waals surface area contributed by atoms with Crippen LogP contribution in [0.4, 0.5) is 13.2 Å². The lowest BCUT2D eigenvalue weighted by Crippen LogP contribution is -2.39. The summed E-state index contributed by atoms with van der Waals surface area (Å²) in [5.41, 5.74) is 0. The van der Waals surface area contributed by atoms with Gasteiger partial charge in [0.1, 0.15) is 5.82 Å². The van der Waals surface area contributed by atoms with E-state index in [0.717, 1.165) is 30.4 Å². The SMILES string of the molecule is OC1CCCC1CN1CCn2c(nnc2C(F)(F)F)C1. The molecule has 0 amide bonds. The van der Waals surface area contributed by atoms with E-state index in [4.69, 9.17) is 0 Å². The zero-order valence-electron chi connectivity index (χ0n) is 11.0. The molecule has 5 nitrogen and oxygen atoms in total. The zero-order chi connectivity index (χ0) is 14.3. The van der Waals surface area contributed by atoms with Gasteiger partial charge in [-0.2, -0.15) is 13.2 Å². The van der Waals surface area contributed by atoms with E-state index in [-0.39, 0.29) is 18.6 Å². The van der Waals surface area contributed by atoms with Crippen molar-refractivity contribution in [3.8, 4) is 0 Å². The van der Waals surface area contributed by atoms with Crippen molar-refractivity contribution >= 4 is 0 Å². The summed E-state index contributed by atoms with van der Waals surface area (Å²) in [6.07, 6.45) is -1.89. The minimum atomic E-state index is -4.45. The third kappa shape index (κ3) is 2.54. The van der Waals surface area contributed by atoms with E-state index in [0.29, 0.717) is 18.9 Å². The number of hydrogen-bond acceptors (Lipinski definition) is 4. The van der Waals surface area contributed by atoms with E-state index in [1.165, 1.54) is 0 Å². The lowest BCUT2D eigenvalue weighted by molar-refractivity contribution is -0.148. The molecule has 3 rings (SSSR count). The van der Waals surface area contributed by atoms with Gasteiger partial charge in [0.05, 0.1) is 12.6 Å². The summed E-state index contributed by atoms with van der Waals surface area (Å²) in [7, 11) is 0. The first-order valence-electron chi connectivity index (χ1n) is 6.85. The van der Waals surface area contributed by atoms with E-state index in [1.54, 1.807) is 0 Å². The zero-order valence-corrected chi connectivity index (χ0v) is 11.0. The van der Waals surface area contributed by atoms with E-state index in [1.807, 2.05) is 0 Å². The minimum Gasteiger partial charge on any atom is -0.393 e. The number of aliphatic hydroxyl groups is 1. The van der Waals surface area contributed by atoms with Gasteiger partial charge in [-0.3, -0.25) is 4.90 Å². The molecule has 0 spiro atoms. The smallest absolute Gasteiger partial charge is 0.393 e. The summed E-state index contributed by atoms with van der Waals surface area (Å²) in [6.45, 7) is 1.87. The van der Waals surface area contributed by atoms with Crippen molar-refractivity contribution in [3.63, 3.8) is 0 Å². The summed E-state index contributed by atoms with van der Waals surface area (Å²) in [4.78, 5) is 2.06. The molecule has 2 unspecified atom stereocenters. The Morgan fingerprint density at radius 2 is 2.00 bits per heavy atom. The first-order valence-corrected chi connectivity index (χ1v) is 6.85. The molecule has 0 aromatic carbocycles. The second-order valence-electron chi connectivity index (χ2n) is 5.58. The average molecular weight is 290 g/mol. The highest BCUT2D eigenvalue weighted by Gasteiger charge is 2.39. The maximum atomic E-state index is 12.7. The highest BCUT2D eigenvalue weighted by molar-refractivity contribution is 5.02. The molecule has 2 heterocycles. The van der Waals surface area contributed by atoms with Crippen LogP contribution in [0.25, 0.3) is 0 Å². The second kappa shape index (κ2) is 5.00. The number of fused-ring (bicyclic) bond motifs is 1. The van der Waals surface area contributed by atoms with Crippen molar-refractivity contribution in [1.82, 2.24) is 19.7 Å². The fourth-order valence-electron chi connectivity index (χ4n) is 3.14. The Hall–Kier alpha value is -1.15. The molecule has 0 saturated heterocycles. The molecule has 1 N–H and O–H groups in total. The van der Waals surface area contributed by atoms with Crippen LogP contribution in [0.2, 0.25) is 0 Å². The molecule has 0 bridgehead atoms. The largest absolute Gasteiger partial charge is 0.451 e. The summed E-state index contributed by atoms with van der Waals surface area (Å²) >= 11 is 0. The number of halogens is 3. The molecular formula is C12H17F3N4O. The Kier molecular flexibility index (Phi) is 3.45. The standard InChI is InChI=1S/C12H17F3N4O/c13-12(14,15)11-17-16-10-7-18(4-5-19(10)11)6-8-2-1-3-9(8)20/h8-9,20H,1-7H2. The predicted octanol–water partition coefficient (Wildman–Crippen LogP) is 1.27. The van der Waals surface area contributed by atoms with Crippen molar-refractivity contribution in [2.75, 3.05) is 13.1 Å². The van der Waals surface area contributed by atoms with Gasteiger partial charge in [0, 0.05) is 19.6 Å². The molecule has 20 heavy (non-hydrogen) atoms. The van der Waals surface area contributed by atoms with Crippen LogP contribution in [-0.2, 0) is 19.3 Å². The minimum absolute atomic E-state index is 0.228. The third-order valence-corrected chi connectivity index (χ3v) is 4.20. The van der Waals surface area contributed by atoms with Crippen molar-refractivity contribution in [1.29, 1.82) is 0 Å². The molecule has 1 aromatic heterocycles. The molecule has 1 aromatic rings. The van der Waals surface area contributed by atoms with Gasteiger partial charge in [-0.15, -0.1) is 10.2 Å². The van der Waals surface area contributed by atoms with Crippen LogP contribution < -0.4 is 0 Å². The predicted molar refractivity (Wildman–Crippen MR) is 63.6 cm³/mol. The Morgan fingerprint density at radius 3 is 2.65 bits per heavy atom. The van der Waals surface area contributed by atoms with Crippen LogP contribution in [0, 0.1) is 5.92 Å². The Bertz CT molecular complexity index is 488. The lowest BCUT2D eigenvalue weighted by atomic mass is 10.1. The maximum Gasteiger partial charge on any atom is 0.451 e. The number of aromatic nitrogens is 3. The van der Waals surface area contributed by atoms with Crippen molar-refractivity contribution < 1.29 is 18.3 Å². The van der Waals surface area contributed by atoms with Crippen LogP contribution in [0.3, 0.4) is 0 Å². The van der Waals surface area contributed by atoms with Crippen LogP contribution in [0.5, 0.6) is 0 Å². The summed E-state index contributed by atoms with van der Waals surface area (Å²) < 4.78 is 39.3. The Labute approximate surface area is 114 Å². The Balaban J connectivity index is 1.69. The number of alkyl halides is 3. The molecule has 1 aliphatic carbocycles. The summed E-state index contributed by atoms with van der Waals surface area (Å²) in [6, 6.07) is 0. The van der Waals surface area contributed by atoms with Gasteiger partial charge in [-0.1, -0.05) is 6.42 Å². The molecule has 2 aliphatic rings. The second-order valence-corrected chi connectivity index (χ2v) is 5.58. The summed E-state index contributed by atoms with van der Waals surface area (Å²) in [5.74, 6) is -0.323. The quantitative estimate of drug-likeness (QED) is 0.891. The van der Waals surface area contributed by atoms with E-state index < -0.39 is 12.0 Å². The number of aliphatic hydroxyl groups excluding tert-OH is 1. The highest BCUT2D eigenvalue weighted by Crippen LogP contribution is 2.31. The third-order valence-electron chi connectivity index (χ3n) is 4.20. The van der Waals surface area contributed by atoms with Crippen molar-refractivity contribution in [3.05, 3.63) is 11.6 Å². The van der Waals surface area contributed by atoms with Gasteiger partial charge < -0.3 is 9.67 Å².